The fraction of sp³-hybridized carbons (Fsp3) is 0.526. The van der Waals surface area contributed by atoms with E-state index in [4.69, 9.17) is 4.74 Å². The lowest BCUT2D eigenvalue weighted by molar-refractivity contribution is 0.122. The number of benzene rings is 1. The summed E-state index contributed by atoms with van der Waals surface area (Å²) in [7, 11) is 0. The Morgan fingerprint density at radius 2 is 1.65 bits per heavy atom. The summed E-state index contributed by atoms with van der Waals surface area (Å²) in [6.07, 6.45) is 4.90. The molecule has 2 N–H and O–H groups in total. The number of nitrogens with zero attached hydrogens (tertiary/aromatic N) is 4. The third kappa shape index (κ3) is 4.22. The highest BCUT2D eigenvalue weighted by molar-refractivity contribution is 5.56. The van der Waals surface area contributed by atoms with Crippen molar-refractivity contribution >= 4 is 23.5 Å². The van der Waals surface area contributed by atoms with Gasteiger partial charge in [0.1, 0.15) is 0 Å². The van der Waals surface area contributed by atoms with Crippen LogP contribution in [0, 0.1) is 6.92 Å². The van der Waals surface area contributed by atoms with Crippen LogP contribution in [-0.4, -0.2) is 47.3 Å². The van der Waals surface area contributed by atoms with Gasteiger partial charge in [-0.25, -0.2) is 0 Å². The molecule has 1 saturated carbocycles. The maximum Gasteiger partial charge on any atom is 0.233 e. The molecule has 0 radical (unpaired) electrons. The van der Waals surface area contributed by atoms with Gasteiger partial charge in [-0.1, -0.05) is 30.5 Å². The minimum Gasteiger partial charge on any atom is -0.378 e. The summed E-state index contributed by atoms with van der Waals surface area (Å²) in [5.74, 6) is 1.94. The SMILES string of the molecule is Cc1ccc(Nc2nc(NC3CCCC3)nc(N3CCOCC3)n2)cc1. The van der Waals surface area contributed by atoms with Gasteiger partial charge in [-0.05, 0) is 31.9 Å². The van der Waals surface area contributed by atoms with E-state index in [9.17, 15) is 0 Å². The fourth-order valence-corrected chi connectivity index (χ4v) is 3.41. The summed E-state index contributed by atoms with van der Waals surface area (Å²) in [5.41, 5.74) is 2.20. The Kier molecular flexibility index (Phi) is 5.15. The van der Waals surface area contributed by atoms with Crippen molar-refractivity contribution in [3.8, 4) is 0 Å². The van der Waals surface area contributed by atoms with Crippen LogP contribution < -0.4 is 15.5 Å². The average Bonchev–Trinajstić information content (AvgIpc) is 3.17. The number of rotatable bonds is 5. The molecular weight excluding hydrogens is 328 g/mol. The highest BCUT2D eigenvalue weighted by atomic mass is 16.5. The van der Waals surface area contributed by atoms with Crippen molar-refractivity contribution < 1.29 is 4.74 Å². The molecule has 0 amide bonds. The first-order chi connectivity index (χ1) is 12.8. The molecule has 7 heteroatoms. The second-order valence-corrected chi connectivity index (χ2v) is 7.00. The largest absolute Gasteiger partial charge is 0.378 e. The fourth-order valence-electron chi connectivity index (χ4n) is 3.41. The van der Waals surface area contributed by atoms with Crippen LogP contribution in [-0.2, 0) is 4.74 Å². The lowest BCUT2D eigenvalue weighted by Crippen LogP contribution is -2.37. The lowest BCUT2D eigenvalue weighted by atomic mass is 10.2. The van der Waals surface area contributed by atoms with Gasteiger partial charge in [-0.15, -0.1) is 0 Å². The average molecular weight is 354 g/mol. The second kappa shape index (κ2) is 7.86. The minimum absolute atomic E-state index is 0.460. The van der Waals surface area contributed by atoms with E-state index in [0.29, 0.717) is 37.1 Å². The quantitative estimate of drug-likeness (QED) is 0.854. The highest BCUT2D eigenvalue weighted by Gasteiger charge is 2.20. The van der Waals surface area contributed by atoms with Crippen LogP contribution in [0.25, 0.3) is 0 Å². The summed E-state index contributed by atoms with van der Waals surface area (Å²) in [6, 6.07) is 8.69. The molecule has 2 aliphatic rings. The molecule has 1 aromatic carbocycles. The van der Waals surface area contributed by atoms with Crippen molar-refractivity contribution in [2.45, 2.75) is 38.6 Å². The van der Waals surface area contributed by atoms with Crippen molar-refractivity contribution in [3.63, 3.8) is 0 Å². The molecule has 1 saturated heterocycles. The van der Waals surface area contributed by atoms with Gasteiger partial charge in [-0.3, -0.25) is 0 Å². The summed E-state index contributed by atoms with van der Waals surface area (Å²) < 4.78 is 5.45. The van der Waals surface area contributed by atoms with Gasteiger partial charge in [0.2, 0.25) is 17.8 Å². The summed E-state index contributed by atoms with van der Waals surface area (Å²) >= 11 is 0. The zero-order chi connectivity index (χ0) is 17.8. The molecule has 0 spiro atoms. The molecule has 1 aliphatic heterocycles. The van der Waals surface area contributed by atoms with E-state index in [1.807, 2.05) is 12.1 Å². The summed E-state index contributed by atoms with van der Waals surface area (Å²) in [4.78, 5) is 16.1. The van der Waals surface area contributed by atoms with Crippen LogP contribution in [0.5, 0.6) is 0 Å². The zero-order valence-corrected chi connectivity index (χ0v) is 15.2. The Hall–Kier alpha value is -2.41. The van der Waals surface area contributed by atoms with E-state index in [0.717, 1.165) is 18.8 Å². The van der Waals surface area contributed by atoms with E-state index in [1.165, 1.54) is 31.2 Å². The van der Waals surface area contributed by atoms with Gasteiger partial charge in [0.15, 0.2) is 0 Å². The molecule has 7 nitrogen and oxygen atoms in total. The van der Waals surface area contributed by atoms with Crippen LogP contribution in [0.1, 0.15) is 31.2 Å². The van der Waals surface area contributed by atoms with E-state index < -0.39 is 0 Å². The van der Waals surface area contributed by atoms with Crippen molar-refractivity contribution in [1.82, 2.24) is 15.0 Å². The Morgan fingerprint density at radius 1 is 0.962 bits per heavy atom. The highest BCUT2D eigenvalue weighted by Crippen LogP contribution is 2.23. The number of ether oxygens (including phenoxy) is 1. The third-order valence-electron chi connectivity index (χ3n) is 4.91. The summed E-state index contributed by atoms with van der Waals surface area (Å²) in [6.45, 7) is 5.09. The first kappa shape index (κ1) is 17.0. The molecule has 2 aromatic rings. The maximum absolute atomic E-state index is 5.45. The second-order valence-electron chi connectivity index (χ2n) is 7.00. The molecule has 4 rings (SSSR count). The number of anilines is 4. The van der Waals surface area contributed by atoms with E-state index in [1.54, 1.807) is 0 Å². The van der Waals surface area contributed by atoms with Gasteiger partial charge in [0.05, 0.1) is 13.2 Å². The molecule has 0 atom stereocenters. The maximum atomic E-state index is 5.45. The molecule has 138 valence electrons. The normalized spacial score (nSPS) is 18.1. The molecule has 0 bridgehead atoms. The van der Waals surface area contributed by atoms with E-state index in [2.05, 4.69) is 49.5 Å². The number of hydrogen-bond acceptors (Lipinski definition) is 7. The Bertz CT molecular complexity index is 723. The number of hydrogen-bond donors (Lipinski definition) is 2. The lowest BCUT2D eigenvalue weighted by Gasteiger charge is -2.27. The number of aryl methyl sites for hydroxylation is 1. The van der Waals surface area contributed by atoms with Crippen molar-refractivity contribution in [3.05, 3.63) is 29.8 Å². The molecule has 1 aromatic heterocycles. The number of aromatic nitrogens is 3. The molecule has 0 unspecified atom stereocenters. The Balaban J connectivity index is 1.58. The Morgan fingerprint density at radius 3 is 2.38 bits per heavy atom. The van der Waals surface area contributed by atoms with Crippen LogP contribution in [0.4, 0.5) is 23.5 Å². The molecule has 2 fully saturated rings. The van der Waals surface area contributed by atoms with Gasteiger partial charge < -0.3 is 20.3 Å². The van der Waals surface area contributed by atoms with Gasteiger partial charge in [-0.2, -0.15) is 15.0 Å². The molecule has 26 heavy (non-hydrogen) atoms. The monoisotopic (exact) mass is 354 g/mol. The van der Waals surface area contributed by atoms with Gasteiger partial charge >= 0.3 is 0 Å². The number of morpholine rings is 1. The van der Waals surface area contributed by atoms with Crippen LogP contribution in [0.15, 0.2) is 24.3 Å². The van der Waals surface area contributed by atoms with Gasteiger partial charge in [0.25, 0.3) is 0 Å². The Labute approximate surface area is 154 Å². The first-order valence-corrected chi connectivity index (χ1v) is 9.45. The first-order valence-electron chi connectivity index (χ1n) is 9.45. The summed E-state index contributed by atoms with van der Waals surface area (Å²) in [5, 5.41) is 6.81. The predicted molar refractivity (Wildman–Crippen MR) is 103 cm³/mol. The zero-order valence-electron chi connectivity index (χ0n) is 15.2. The smallest absolute Gasteiger partial charge is 0.233 e. The molecule has 1 aliphatic carbocycles. The number of nitrogens with one attached hydrogen (secondary N) is 2. The minimum atomic E-state index is 0.460. The molecule has 2 heterocycles. The van der Waals surface area contributed by atoms with Crippen molar-refractivity contribution in [2.24, 2.45) is 0 Å². The van der Waals surface area contributed by atoms with E-state index >= 15 is 0 Å². The third-order valence-corrected chi connectivity index (χ3v) is 4.91. The molecular formula is C19H26N6O. The van der Waals surface area contributed by atoms with Crippen LogP contribution in [0.2, 0.25) is 0 Å². The standard InChI is InChI=1S/C19H26N6O/c1-14-6-8-16(9-7-14)21-18-22-17(20-15-4-2-3-5-15)23-19(24-18)25-10-12-26-13-11-25/h6-9,15H,2-5,10-13H2,1H3,(H2,20,21,22,23,24). The van der Waals surface area contributed by atoms with Crippen molar-refractivity contribution in [1.29, 1.82) is 0 Å². The van der Waals surface area contributed by atoms with Crippen molar-refractivity contribution in [2.75, 3.05) is 41.8 Å². The van der Waals surface area contributed by atoms with Crippen LogP contribution in [0.3, 0.4) is 0 Å². The predicted octanol–water partition coefficient (Wildman–Crippen LogP) is 3.11. The van der Waals surface area contributed by atoms with Gasteiger partial charge in [0, 0.05) is 24.8 Å². The topological polar surface area (TPSA) is 75.2 Å². The van der Waals surface area contributed by atoms with Crippen LogP contribution >= 0.6 is 0 Å². The van der Waals surface area contributed by atoms with E-state index in [-0.39, 0.29) is 0 Å².